The summed E-state index contributed by atoms with van der Waals surface area (Å²) in [4.78, 5) is 0. The maximum Gasteiger partial charge on any atom is 0.131 e. The first-order valence-electron chi connectivity index (χ1n) is 10.9. The van der Waals surface area contributed by atoms with Crippen molar-refractivity contribution in [3.05, 3.63) is 113 Å². The molecule has 0 radical (unpaired) electrons. The molecule has 164 valence electrons. The van der Waals surface area contributed by atoms with E-state index in [9.17, 15) is 10.2 Å². The van der Waals surface area contributed by atoms with Gasteiger partial charge in [-0.3, -0.25) is 0 Å². The van der Waals surface area contributed by atoms with Gasteiger partial charge in [-0.25, -0.2) is 0 Å². The van der Waals surface area contributed by atoms with Gasteiger partial charge in [0.25, 0.3) is 0 Å². The molecule has 0 heterocycles. The minimum absolute atomic E-state index is 0.147. The van der Waals surface area contributed by atoms with E-state index >= 15 is 0 Å². The summed E-state index contributed by atoms with van der Waals surface area (Å²) in [5, 5.41) is 28.5. The SMILES string of the molecule is Oc1c2ccccc2cc2cc(C(=C(Cl)Cl)c3ccc4c(O)c5ccccc5cc4c3)ccc12. The third kappa shape index (κ3) is 3.27. The molecular weight excluding hydrogens is 463 g/mol. The van der Waals surface area contributed by atoms with Crippen LogP contribution in [0, 0.1) is 0 Å². The first kappa shape index (κ1) is 20.9. The third-order valence-corrected chi connectivity index (χ3v) is 6.81. The van der Waals surface area contributed by atoms with Crippen molar-refractivity contribution in [2.45, 2.75) is 0 Å². The lowest BCUT2D eigenvalue weighted by molar-refractivity contribution is 0.487. The number of benzene rings is 6. The molecule has 0 fully saturated rings. The first-order valence-corrected chi connectivity index (χ1v) is 11.6. The molecule has 34 heavy (non-hydrogen) atoms. The minimum atomic E-state index is 0.147. The van der Waals surface area contributed by atoms with Crippen LogP contribution in [0.5, 0.6) is 11.5 Å². The molecule has 6 aromatic rings. The van der Waals surface area contributed by atoms with Crippen LogP contribution < -0.4 is 0 Å². The van der Waals surface area contributed by atoms with Crippen molar-refractivity contribution in [2.24, 2.45) is 0 Å². The van der Waals surface area contributed by atoms with E-state index in [0.29, 0.717) is 5.57 Å². The summed E-state index contributed by atoms with van der Waals surface area (Å²) < 4.78 is 0.147. The highest BCUT2D eigenvalue weighted by Crippen LogP contribution is 2.40. The molecule has 0 bridgehead atoms. The number of aromatic hydroxyl groups is 2. The number of hydrogen-bond donors (Lipinski definition) is 2. The fourth-order valence-corrected chi connectivity index (χ4v) is 5.23. The zero-order chi connectivity index (χ0) is 23.4. The highest BCUT2D eigenvalue weighted by Gasteiger charge is 2.15. The topological polar surface area (TPSA) is 40.5 Å². The quantitative estimate of drug-likeness (QED) is 0.243. The summed E-state index contributed by atoms with van der Waals surface area (Å²) in [6, 6.07) is 31.2. The van der Waals surface area contributed by atoms with Crippen molar-refractivity contribution in [1.82, 2.24) is 0 Å². The second kappa shape index (κ2) is 7.95. The van der Waals surface area contributed by atoms with Crippen LogP contribution in [-0.4, -0.2) is 10.2 Å². The Kier molecular flexibility index (Phi) is 4.88. The van der Waals surface area contributed by atoms with Crippen molar-refractivity contribution in [2.75, 3.05) is 0 Å². The molecule has 0 aliphatic heterocycles. The second-order valence-corrected chi connectivity index (χ2v) is 9.35. The van der Waals surface area contributed by atoms with E-state index in [1.807, 2.05) is 84.9 Å². The van der Waals surface area contributed by atoms with Crippen molar-refractivity contribution in [1.29, 1.82) is 0 Å². The van der Waals surface area contributed by atoms with Gasteiger partial charge in [0.1, 0.15) is 16.0 Å². The molecule has 0 saturated heterocycles. The number of rotatable bonds is 2. The van der Waals surface area contributed by atoms with E-state index in [2.05, 4.69) is 12.1 Å². The summed E-state index contributed by atoms with van der Waals surface area (Å²) in [6.07, 6.45) is 0. The van der Waals surface area contributed by atoms with Crippen LogP contribution in [0.15, 0.2) is 102 Å². The van der Waals surface area contributed by atoms with Gasteiger partial charge in [0.15, 0.2) is 0 Å². The smallest absolute Gasteiger partial charge is 0.131 e. The predicted octanol–water partition coefficient (Wildman–Crippen LogP) is 8.91. The standard InChI is InChI=1S/C30H18Cl2O2/c31-30(32)27(19-9-11-25-21(15-19)13-17-5-1-3-7-23(17)28(25)33)20-10-12-26-22(16-20)14-18-6-2-4-8-24(18)29(26)34/h1-16,33-34H. The minimum Gasteiger partial charge on any atom is -0.507 e. The number of halogens is 2. The normalized spacial score (nSPS) is 11.5. The van der Waals surface area contributed by atoms with Gasteiger partial charge in [-0.05, 0) is 56.9 Å². The van der Waals surface area contributed by atoms with Crippen LogP contribution in [0.3, 0.4) is 0 Å². The van der Waals surface area contributed by atoms with Gasteiger partial charge in [-0.2, -0.15) is 0 Å². The lowest BCUT2D eigenvalue weighted by atomic mass is 9.93. The monoisotopic (exact) mass is 480 g/mol. The van der Waals surface area contributed by atoms with Gasteiger partial charge in [0.05, 0.1) is 0 Å². The third-order valence-electron chi connectivity index (χ3n) is 6.43. The Morgan fingerprint density at radius 3 is 1.32 bits per heavy atom. The molecule has 6 rings (SSSR count). The largest absolute Gasteiger partial charge is 0.507 e. The van der Waals surface area contributed by atoms with Crippen molar-refractivity contribution in [3.8, 4) is 11.5 Å². The molecule has 0 aromatic heterocycles. The number of phenolic OH excluding ortho intramolecular Hbond substituents is 2. The molecule has 0 aliphatic rings. The molecule has 0 aliphatic carbocycles. The maximum atomic E-state index is 10.8. The van der Waals surface area contributed by atoms with E-state index in [0.717, 1.165) is 54.2 Å². The second-order valence-electron chi connectivity index (χ2n) is 8.40. The van der Waals surface area contributed by atoms with Gasteiger partial charge in [0, 0.05) is 27.1 Å². The highest BCUT2D eigenvalue weighted by atomic mass is 35.5. The molecule has 0 amide bonds. The van der Waals surface area contributed by atoms with E-state index in [1.165, 1.54) is 0 Å². The fraction of sp³-hybridized carbons (Fsp3) is 0. The first-order chi connectivity index (χ1) is 16.5. The molecule has 0 unspecified atom stereocenters. The molecule has 2 N–H and O–H groups in total. The van der Waals surface area contributed by atoms with Crippen molar-refractivity contribution in [3.63, 3.8) is 0 Å². The van der Waals surface area contributed by atoms with Gasteiger partial charge in [-0.1, -0.05) is 96.0 Å². The zero-order valence-electron chi connectivity index (χ0n) is 17.9. The fourth-order valence-electron chi connectivity index (χ4n) is 4.79. The van der Waals surface area contributed by atoms with Crippen molar-refractivity contribution < 1.29 is 10.2 Å². The Morgan fingerprint density at radius 1 is 0.471 bits per heavy atom. The van der Waals surface area contributed by atoms with Crippen LogP contribution in [0.25, 0.3) is 48.7 Å². The Bertz CT molecular complexity index is 1670. The Morgan fingerprint density at radius 2 is 0.882 bits per heavy atom. The van der Waals surface area contributed by atoms with Gasteiger partial charge < -0.3 is 10.2 Å². The number of hydrogen-bond acceptors (Lipinski definition) is 2. The highest BCUT2D eigenvalue weighted by molar-refractivity contribution is 6.59. The Hall–Kier alpha value is -3.72. The summed E-state index contributed by atoms with van der Waals surface area (Å²) in [5.41, 5.74) is 2.37. The van der Waals surface area contributed by atoms with Gasteiger partial charge in [-0.15, -0.1) is 0 Å². The van der Waals surface area contributed by atoms with E-state index in [4.69, 9.17) is 23.2 Å². The van der Waals surface area contributed by atoms with Crippen LogP contribution in [0.2, 0.25) is 0 Å². The molecule has 0 saturated carbocycles. The van der Waals surface area contributed by atoms with Gasteiger partial charge >= 0.3 is 0 Å². The number of fused-ring (bicyclic) bond motifs is 4. The van der Waals surface area contributed by atoms with E-state index < -0.39 is 0 Å². The Labute approximate surface area is 205 Å². The lowest BCUT2D eigenvalue weighted by Gasteiger charge is -2.14. The predicted molar refractivity (Wildman–Crippen MR) is 144 cm³/mol. The Balaban J connectivity index is 1.55. The summed E-state index contributed by atoms with van der Waals surface area (Å²) in [5.74, 6) is 0.519. The zero-order valence-corrected chi connectivity index (χ0v) is 19.4. The van der Waals surface area contributed by atoms with E-state index in [-0.39, 0.29) is 16.0 Å². The summed E-state index contributed by atoms with van der Waals surface area (Å²) >= 11 is 12.8. The lowest BCUT2D eigenvalue weighted by Crippen LogP contribution is -1.91. The average molecular weight is 481 g/mol. The van der Waals surface area contributed by atoms with Crippen LogP contribution in [0.4, 0.5) is 0 Å². The summed E-state index contributed by atoms with van der Waals surface area (Å²) in [6.45, 7) is 0. The molecule has 6 aromatic carbocycles. The van der Waals surface area contributed by atoms with E-state index in [1.54, 1.807) is 0 Å². The van der Waals surface area contributed by atoms with Crippen LogP contribution in [-0.2, 0) is 0 Å². The number of phenols is 2. The molecular formula is C30H18Cl2O2. The average Bonchev–Trinajstić information content (AvgIpc) is 2.84. The van der Waals surface area contributed by atoms with Crippen LogP contribution >= 0.6 is 23.2 Å². The molecule has 0 spiro atoms. The maximum absolute atomic E-state index is 10.8. The van der Waals surface area contributed by atoms with Crippen molar-refractivity contribution >= 4 is 71.9 Å². The molecule has 4 heteroatoms. The van der Waals surface area contributed by atoms with Crippen LogP contribution in [0.1, 0.15) is 11.1 Å². The summed E-state index contributed by atoms with van der Waals surface area (Å²) in [7, 11) is 0. The van der Waals surface area contributed by atoms with Gasteiger partial charge in [0.2, 0.25) is 0 Å². The molecule has 2 nitrogen and oxygen atoms in total. The molecule has 0 atom stereocenters.